The Morgan fingerprint density at radius 3 is 2.51 bits per heavy atom. The predicted molar refractivity (Wildman–Crippen MR) is 187 cm³/mol. The molecule has 2 aromatic heterocycles. The van der Waals surface area contributed by atoms with Crippen LogP contribution in [0, 0.1) is 6.92 Å². The van der Waals surface area contributed by atoms with Gasteiger partial charge in [0.1, 0.15) is 0 Å². The molecule has 0 radical (unpaired) electrons. The van der Waals surface area contributed by atoms with Crippen LogP contribution in [0.2, 0.25) is 5.02 Å². The topological polar surface area (TPSA) is 112 Å². The molecule has 5 aromatic rings. The number of aliphatic hydroxyl groups excluding tert-OH is 1. The Balaban J connectivity index is 1.27. The molecular weight excluding hydrogens is 632 g/mol. The number of hydrogen-bond donors (Lipinski definition) is 3. The van der Waals surface area contributed by atoms with Crippen LogP contribution in [0.3, 0.4) is 0 Å². The summed E-state index contributed by atoms with van der Waals surface area (Å²) in [6, 6.07) is 19.7. The highest BCUT2D eigenvalue weighted by Gasteiger charge is 2.27. The Morgan fingerprint density at radius 2 is 1.79 bits per heavy atom. The number of halogens is 1. The van der Waals surface area contributed by atoms with E-state index in [0.29, 0.717) is 62.3 Å². The number of nitrogens with one attached hydrogen (secondary N) is 2. The third kappa shape index (κ3) is 6.53. The Hall–Kier alpha value is -3.80. The molecule has 2 aliphatic rings. The molecule has 3 N–H and O–H groups in total. The molecule has 47 heavy (non-hydrogen) atoms. The van der Waals surface area contributed by atoms with Crippen LogP contribution in [-0.2, 0) is 23.2 Å². The second-order valence-corrected chi connectivity index (χ2v) is 15.2. The first-order valence-electron chi connectivity index (χ1n) is 16.1. The van der Waals surface area contributed by atoms with Gasteiger partial charge in [-0.2, -0.15) is 0 Å². The number of fused-ring (bicyclic) bond motifs is 1. The van der Waals surface area contributed by atoms with Gasteiger partial charge >= 0.3 is 0 Å². The highest BCUT2D eigenvalue weighted by molar-refractivity contribution is 7.90. The molecule has 0 bridgehead atoms. The highest BCUT2D eigenvalue weighted by atomic mass is 35.5. The second-order valence-electron chi connectivity index (χ2n) is 13.0. The van der Waals surface area contributed by atoms with E-state index in [2.05, 4.69) is 52.6 Å². The van der Waals surface area contributed by atoms with Gasteiger partial charge in [-0.25, -0.2) is 22.4 Å². The van der Waals surface area contributed by atoms with Crippen LogP contribution in [0.5, 0.6) is 0 Å². The fourth-order valence-corrected chi connectivity index (χ4v) is 8.57. The van der Waals surface area contributed by atoms with Crippen molar-refractivity contribution in [2.45, 2.75) is 69.7 Å². The van der Waals surface area contributed by atoms with E-state index < -0.39 is 10.0 Å². The average Bonchev–Trinajstić information content (AvgIpc) is 3.82. The quantitative estimate of drug-likeness (QED) is 0.161. The Morgan fingerprint density at radius 1 is 1.02 bits per heavy atom. The smallest absolute Gasteiger partial charge is 0.268 e. The van der Waals surface area contributed by atoms with Gasteiger partial charge in [0, 0.05) is 54.6 Å². The Kier molecular flexibility index (Phi) is 8.57. The van der Waals surface area contributed by atoms with Crippen molar-refractivity contribution >= 4 is 44.2 Å². The molecule has 11 heteroatoms. The van der Waals surface area contributed by atoms with Crippen LogP contribution in [0.1, 0.15) is 54.9 Å². The van der Waals surface area contributed by atoms with E-state index in [-0.39, 0.29) is 11.5 Å². The van der Waals surface area contributed by atoms with Gasteiger partial charge in [0.15, 0.2) is 0 Å². The van der Waals surface area contributed by atoms with Gasteiger partial charge in [-0.05, 0) is 86.1 Å². The van der Waals surface area contributed by atoms with Gasteiger partial charge in [-0.3, -0.25) is 4.90 Å². The largest absolute Gasteiger partial charge is 0.392 e. The maximum absolute atomic E-state index is 14.0. The van der Waals surface area contributed by atoms with Crippen LogP contribution in [0.4, 0.5) is 11.6 Å². The summed E-state index contributed by atoms with van der Waals surface area (Å²) in [6.45, 7) is 8.86. The lowest BCUT2D eigenvalue weighted by atomic mass is 10.0. The summed E-state index contributed by atoms with van der Waals surface area (Å²) < 4.78 is 29.3. The van der Waals surface area contributed by atoms with E-state index in [9.17, 15) is 13.5 Å². The van der Waals surface area contributed by atoms with Gasteiger partial charge in [0.25, 0.3) is 10.0 Å². The molecule has 244 valence electrons. The van der Waals surface area contributed by atoms with E-state index in [1.807, 2.05) is 6.07 Å². The molecule has 3 aromatic carbocycles. The number of aromatic nitrogens is 3. The summed E-state index contributed by atoms with van der Waals surface area (Å²) in [4.78, 5) is 12.0. The van der Waals surface area contributed by atoms with Crippen molar-refractivity contribution in [3.05, 3.63) is 100 Å². The summed E-state index contributed by atoms with van der Waals surface area (Å²) in [5, 5.41) is 17.8. The SMILES string of the molecule is Cc1ccccc1S(=O)(=O)n1cc(-c2nc(Nc3cc(CN4C[C@@H](C)N[C@@H](C)C4)cc(C4CC4)c3)ncc2Cl)c2ccc(CO)cc21. The Labute approximate surface area is 280 Å². The summed E-state index contributed by atoms with van der Waals surface area (Å²) in [6.07, 6.45) is 5.49. The zero-order valence-corrected chi connectivity index (χ0v) is 28.3. The van der Waals surface area contributed by atoms with E-state index in [0.717, 1.165) is 25.3 Å². The van der Waals surface area contributed by atoms with Crippen LogP contribution in [0.25, 0.3) is 22.2 Å². The summed E-state index contributed by atoms with van der Waals surface area (Å²) in [7, 11) is -3.99. The Bertz CT molecular complexity index is 2070. The van der Waals surface area contributed by atoms with Crippen LogP contribution in [-0.4, -0.2) is 57.5 Å². The molecule has 2 fully saturated rings. The molecule has 1 saturated heterocycles. The monoisotopic (exact) mass is 670 g/mol. The van der Waals surface area contributed by atoms with Crippen LogP contribution < -0.4 is 10.6 Å². The van der Waals surface area contributed by atoms with Gasteiger partial charge < -0.3 is 15.7 Å². The number of benzene rings is 3. The van der Waals surface area contributed by atoms with Crippen molar-refractivity contribution in [1.29, 1.82) is 0 Å². The zero-order valence-electron chi connectivity index (χ0n) is 26.7. The number of piperazine rings is 1. The summed E-state index contributed by atoms with van der Waals surface area (Å²) in [5.41, 5.74) is 6.09. The first-order valence-corrected chi connectivity index (χ1v) is 17.9. The number of nitrogens with zero attached hydrogens (tertiary/aromatic N) is 4. The van der Waals surface area contributed by atoms with Gasteiger partial charge in [-0.1, -0.05) is 48.0 Å². The molecule has 1 saturated carbocycles. The van der Waals surface area contributed by atoms with Crippen LogP contribution in [0.15, 0.2) is 78.0 Å². The minimum atomic E-state index is -3.99. The van der Waals surface area contributed by atoms with Crippen molar-refractivity contribution < 1.29 is 13.5 Å². The standard InChI is InChI=1S/C36H39ClN6O3S/c1-22-6-4-5-7-34(22)47(45,46)43-20-31(30-11-8-25(21-44)14-33(30)43)35-32(37)16-38-36(41-35)40-29-13-26(12-28(15-29)27-9-10-27)19-42-17-23(2)39-24(3)18-42/h4-8,11-16,20,23-24,27,39,44H,9-10,17-19,21H2,1-3H3,(H,38,40,41)/t23-,24+. The van der Waals surface area contributed by atoms with Gasteiger partial charge in [0.05, 0.1) is 33.9 Å². The fraction of sp³-hybridized carbons (Fsp3) is 0.333. The number of anilines is 2. The number of hydrogen-bond acceptors (Lipinski definition) is 8. The average molecular weight is 671 g/mol. The third-order valence-electron chi connectivity index (χ3n) is 9.01. The first kappa shape index (κ1) is 31.8. The van der Waals surface area contributed by atoms with Crippen molar-refractivity contribution in [2.75, 3.05) is 18.4 Å². The molecule has 7 rings (SSSR count). The predicted octanol–water partition coefficient (Wildman–Crippen LogP) is 6.59. The molecule has 3 heterocycles. The van der Waals surface area contributed by atoms with E-state index >= 15 is 0 Å². The second kappa shape index (κ2) is 12.7. The highest BCUT2D eigenvalue weighted by Crippen LogP contribution is 2.42. The molecule has 1 aliphatic carbocycles. The molecule has 0 spiro atoms. The molecule has 0 amide bonds. The van der Waals surface area contributed by atoms with Gasteiger partial charge in [0.2, 0.25) is 5.95 Å². The maximum Gasteiger partial charge on any atom is 0.268 e. The first-order chi connectivity index (χ1) is 22.6. The van der Waals surface area contributed by atoms with Crippen molar-refractivity contribution in [3.8, 4) is 11.3 Å². The number of aliphatic hydroxyl groups is 1. The summed E-state index contributed by atoms with van der Waals surface area (Å²) >= 11 is 6.73. The molecule has 2 atom stereocenters. The van der Waals surface area contributed by atoms with E-state index in [1.165, 1.54) is 27.9 Å². The van der Waals surface area contributed by atoms with Crippen molar-refractivity contribution in [3.63, 3.8) is 0 Å². The maximum atomic E-state index is 14.0. The minimum Gasteiger partial charge on any atom is -0.392 e. The van der Waals surface area contributed by atoms with E-state index in [4.69, 9.17) is 16.6 Å². The molecule has 1 aliphatic heterocycles. The molecular formula is C36H39ClN6O3S. The zero-order chi connectivity index (χ0) is 32.9. The lowest BCUT2D eigenvalue weighted by Gasteiger charge is -2.36. The van der Waals surface area contributed by atoms with E-state index in [1.54, 1.807) is 55.7 Å². The van der Waals surface area contributed by atoms with Crippen molar-refractivity contribution in [1.82, 2.24) is 24.2 Å². The normalized spacial score (nSPS) is 18.9. The van der Waals surface area contributed by atoms with Crippen molar-refractivity contribution in [2.24, 2.45) is 0 Å². The van der Waals surface area contributed by atoms with Crippen LogP contribution >= 0.6 is 11.6 Å². The van der Waals surface area contributed by atoms with Gasteiger partial charge in [-0.15, -0.1) is 0 Å². The minimum absolute atomic E-state index is 0.199. The fourth-order valence-electron chi connectivity index (χ4n) is 6.79. The molecule has 0 unspecified atom stereocenters. The lowest BCUT2D eigenvalue weighted by Crippen LogP contribution is -2.53. The number of rotatable bonds is 9. The molecule has 9 nitrogen and oxygen atoms in total. The summed E-state index contributed by atoms with van der Waals surface area (Å²) in [5.74, 6) is 0.936. The lowest BCUT2D eigenvalue weighted by molar-refractivity contribution is 0.166. The third-order valence-corrected chi connectivity index (χ3v) is 11.1. The number of aryl methyl sites for hydroxylation is 1.